The van der Waals surface area contributed by atoms with Crippen molar-refractivity contribution in [2.45, 2.75) is 32.4 Å². The summed E-state index contributed by atoms with van der Waals surface area (Å²) >= 11 is 0. The normalized spacial score (nSPS) is 17.4. The van der Waals surface area contributed by atoms with Gasteiger partial charge in [-0.1, -0.05) is 0 Å². The van der Waals surface area contributed by atoms with Crippen LogP contribution < -0.4 is 5.32 Å². The third kappa shape index (κ3) is 3.24. The number of imidazole rings is 1. The Morgan fingerprint density at radius 3 is 2.73 bits per heavy atom. The van der Waals surface area contributed by atoms with E-state index in [0.29, 0.717) is 11.9 Å². The molecule has 1 aliphatic rings. The van der Waals surface area contributed by atoms with Crippen LogP contribution in [0.5, 0.6) is 0 Å². The first-order chi connectivity index (χ1) is 10.8. The fourth-order valence-corrected chi connectivity index (χ4v) is 2.84. The molecule has 0 unspecified atom stereocenters. The van der Waals surface area contributed by atoms with Crippen LogP contribution in [-0.2, 0) is 11.3 Å². The van der Waals surface area contributed by atoms with E-state index in [1.165, 1.54) is 12.4 Å². The predicted molar refractivity (Wildman–Crippen MR) is 79.8 cm³/mol. The second-order valence-corrected chi connectivity index (χ2v) is 5.37. The number of nitrogens with zero attached hydrogens (tertiary/aromatic N) is 4. The summed E-state index contributed by atoms with van der Waals surface area (Å²) < 4.78 is 20.5. The SMILES string of the molecule is CCn1ccnc1[C@H](Nc1ncc(F)cn1)C1CCOCC1. The van der Waals surface area contributed by atoms with Crippen molar-refractivity contribution in [2.24, 2.45) is 5.92 Å². The van der Waals surface area contributed by atoms with Gasteiger partial charge in [0.2, 0.25) is 5.95 Å². The molecule has 1 fully saturated rings. The number of hydrogen-bond donors (Lipinski definition) is 1. The summed E-state index contributed by atoms with van der Waals surface area (Å²) in [5, 5.41) is 3.33. The highest BCUT2D eigenvalue weighted by atomic mass is 19.1. The van der Waals surface area contributed by atoms with Gasteiger partial charge in [-0.05, 0) is 25.7 Å². The van der Waals surface area contributed by atoms with Crippen molar-refractivity contribution >= 4 is 5.95 Å². The zero-order valence-electron chi connectivity index (χ0n) is 12.6. The molecule has 118 valence electrons. The summed E-state index contributed by atoms with van der Waals surface area (Å²) in [7, 11) is 0. The van der Waals surface area contributed by atoms with Crippen molar-refractivity contribution < 1.29 is 9.13 Å². The van der Waals surface area contributed by atoms with Crippen molar-refractivity contribution in [1.29, 1.82) is 0 Å². The number of nitrogens with one attached hydrogen (secondary N) is 1. The Kier molecular flexibility index (Phi) is 4.62. The van der Waals surface area contributed by atoms with E-state index in [0.717, 1.165) is 38.4 Å². The van der Waals surface area contributed by atoms with E-state index in [-0.39, 0.29) is 6.04 Å². The number of halogens is 1. The van der Waals surface area contributed by atoms with Gasteiger partial charge < -0.3 is 14.6 Å². The molecule has 7 heteroatoms. The molecule has 1 atom stereocenters. The van der Waals surface area contributed by atoms with E-state index < -0.39 is 5.82 Å². The Labute approximate surface area is 128 Å². The fourth-order valence-electron chi connectivity index (χ4n) is 2.84. The van der Waals surface area contributed by atoms with E-state index in [1.807, 2.05) is 6.20 Å². The molecule has 0 bridgehead atoms. The summed E-state index contributed by atoms with van der Waals surface area (Å²) in [5.41, 5.74) is 0. The maximum atomic E-state index is 13.0. The van der Waals surface area contributed by atoms with Crippen LogP contribution in [0.2, 0.25) is 0 Å². The molecule has 2 aromatic heterocycles. The van der Waals surface area contributed by atoms with Crippen LogP contribution in [-0.4, -0.2) is 32.7 Å². The predicted octanol–water partition coefficient (Wildman–Crippen LogP) is 2.41. The summed E-state index contributed by atoms with van der Waals surface area (Å²) in [6.07, 6.45) is 8.02. The molecule has 6 nitrogen and oxygen atoms in total. The van der Waals surface area contributed by atoms with E-state index >= 15 is 0 Å². The third-order valence-corrected chi connectivity index (χ3v) is 4.01. The minimum Gasteiger partial charge on any atom is -0.381 e. The van der Waals surface area contributed by atoms with Gasteiger partial charge in [-0.3, -0.25) is 0 Å². The average molecular weight is 305 g/mol. The minimum absolute atomic E-state index is 0.00990. The number of ether oxygens (including phenoxy) is 1. The van der Waals surface area contributed by atoms with E-state index in [9.17, 15) is 4.39 Å². The molecule has 2 aromatic rings. The first kappa shape index (κ1) is 14.9. The highest BCUT2D eigenvalue weighted by Crippen LogP contribution is 2.31. The lowest BCUT2D eigenvalue weighted by Crippen LogP contribution is -2.29. The lowest BCUT2D eigenvalue weighted by atomic mass is 9.91. The molecule has 0 radical (unpaired) electrons. The summed E-state index contributed by atoms with van der Waals surface area (Å²) in [6, 6.07) is -0.00990. The lowest BCUT2D eigenvalue weighted by Gasteiger charge is -2.30. The summed E-state index contributed by atoms with van der Waals surface area (Å²) in [4.78, 5) is 12.5. The second-order valence-electron chi connectivity index (χ2n) is 5.37. The topological polar surface area (TPSA) is 64.9 Å². The molecule has 1 N–H and O–H groups in total. The van der Waals surface area contributed by atoms with Gasteiger partial charge in [-0.25, -0.2) is 19.3 Å². The highest BCUT2D eigenvalue weighted by molar-refractivity contribution is 5.28. The lowest BCUT2D eigenvalue weighted by molar-refractivity contribution is 0.0593. The van der Waals surface area contributed by atoms with E-state index in [2.05, 4.69) is 31.8 Å². The highest BCUT2D eigenvalue weighted by Gasteiger charge is 2.29. The Hall–Kier alpha value is -2.02. The molecule has 0 spiro atoms. The van der Waals surface area contributed by atoms with Gasteiger partial charge in [0.15, 0.2) is 5.82 Å². The van der Waals surface area contributed by atoms with Crippen LogP contribution in [0.1, 0.15) is 31.6 Å². The van der Waals surface area contributed by atoms with Gasteiger partial charge in [0.05, 0.1) is 18.4 Å². The van der Waals surface area contributed by atoms with Crippen LogP contribution in [0.4, 0.5) is 10.3 Å². The molecule has 3 rings (SSSR count). The van der Waals surface area contributed by atoms with Gasteiger partial charge in [0.1, 0.15) is 5.82 Å². The van der Waals surface area contributed by atoms with Gasteiger partial charge in [0, 0.05) is 32.2 Å². The molecule has 1 saturated heterocycles. The van der Waals surface area contributed by atoms with Crippen LogP contribution in [0.25, 0.3) is 0 Å². The number of aromatic nitrogens is 4. The Morgan fingerprint density at radius 2 is 2.05 bits per heavy atom. The monoisotopic (exact) mass is 305 g/mol. The maximum Gasteiger partial charge on any atom is 0.223 e. The molecule has 0 aromatic carbocycles. The van der Waals surface area contributed by atoms with Crippen LogP contribution >= 0.6 is 0 Å². The molecule has 0 amide bonds. The van der Waals surface area contributed by atoms with Crippen molar-refractivity contribution in [2.75, 3.05) is 18.5 Å². The largest absolute Gasteiger partial charge is 0.381 e. The fraction of sp³-hybridized carbons (Fsp3) is 0.533. The van der Waals surface area contributed by atoms with Gasteiger partial charge in [-0.15, -0.1) is 0 Å². The molecule has 3 heterocycles. The maximum absolute atomic E-state index is 13.0. The zero-order valence-corrected chi connectivity index (χ0v) is 12.6. The minimum atomic E-state index is -0.441. The van der Waals surface area contributed by atoms with Crippen LogP contribution in [0.15, 0.2) is 24.8 Å². The van der Waals surface area contributed by atoms with Crippen molar-refractivity contribution in [1.82, 2.24) is 19.5 Å². The molecule has 22 heavy (non-hydrogen) atoms. The van der Waals surface area contributed by atoms with Gasteiger partial charge >= 0.3 is 0 Å². The molecule has 1 aliphatic heterocycles. The van der Waals surface area contributed by atoms with E-state index in [1.54, 1.807) is 6.20 Å². The Morgan fingerprint density at radius 1 is 1.32 bits per heavy atom. The average Bonchev–Trinajstić information content (AvgIpc) is 3.03. The summed E-state index contributed by atoms with van der Waals surface area (Å²) in [5.74, 6) is 1.32. The van der Waals surface area contributed by atoms with Crippen molar-refractivity contribution in [3.8, 4) is 0 Å². The number of aryl methyl sites for hydroxylation is 1. The molecule has 0 saturated carbocycles. The smallest absolute Gasteiger partial charge is 0.223 e. The number of hydrogen-bond acceptors (Lipinski definition) is 5. The Balaban J connectivity index is 1.86. The van der Waals surface area contributed by atoms with Crippen LogP contribution in [0.3, 0.4) is 0 Å². The second kappa shape index (κ2) is 6.83. The van der Waals surface area contributed by atoms with Crippen molar-refractivity contribution in [3.63, 3.8) is 0 Å². The van der Waals surface area contributed by atoms with Gasteiger partial charge in [-0.2, -0.15) is 0 Å². The Bertz CT molecular complexity index is 594. The first-order valence-electron chi connectivity index (χ1n) is 7.60. The standard InChI is InChI=1S/C15H20FN5O/c1-2-21-6-5-17-14(21)13(11-3-7-22-8-4-11)20-15-18-9-12(16)10-19-15/h5-6,9-11,13H,2-4,7-8H2,1H3,(H,18,19,20)/t13-/m1/s1. The number of rotatable bonds is 5. The van der Waals surface area contributed by atoms with Gasteiger partial charge in [0.25, 0.3) is 0 Å². The van der Waals surface area contributed by atoms with Crippen LogP contribution in [0, 0.1) is 11.7 Å². The third-order valence-electron chi connectivity index (χ3n) is 4.01. The van der Waals surface area contributed by atoms with Crippen molar-refractivity contribution in [3.05, 3.63) is 36.4 Å². The molecular formula is C15H20FN5O. The number of anilines is 1. The summed E-state index contributed by atoms with van der Waals surface area (Å²) in [6.45, 7) is 4.43. The first-order valence-corrected chi connectivity index (χ1v) is 7.60. The molecular weight excluding hydrogens is 285 g/mol. The quantitative estimate of drug-likeness (QED) is 0.919. The van der Waals surface area contributed by atoms with E-state index in [4.69, 9.17) is 4.74 Å². The zero-order chi connectivity index (χ0) is 15.4. The molecule has 0 aliphatic carbocycles.